The molecule has 8 rings (SSSR count). The Morgan fingerprint density at radius 3 is 2.76 bits per heavy atom. The minimum absolute atomic E-state index is 0.0746. The molecule has 5 aliphatic rings. The lowest BCUT2D eigenvalue weighted by molar-refractivity contribution is 0.00278. The number of carbonyl (C=O) groups is 2. The second kappa shape index (κ2) is 14.6. The lowest BCUT2D eigenvalue weighted by atomic mass is 9.68. The van der Waals surface area contributed by atoms with Crippen molar-refractivity contribution in [3.05, 3.63) is 82.0 Å². The molecule has 1 N–H and O–H groups in total. The molecule has 2 amide bonds. The van der Waals surface area contributed by atoms with Crippen LogP contribution in [-0.2, 0) is 38.3 Å². The standard InChI is InChI=1S/C40H48ClN5O7S/c1-24-33-13-14-34(50-3)29-10-7-27(29)20-46-22-40(16-5-6-25-18-28(41)9-11-31(25)40)23-53-35-12-8-26(19-32(35)46)37(47)43-54(49,36(24)15-17-52-33)44-38(48)30-21-45(2)42-39(30)51-4/h8-9,11-14,18-19,21,24,27,29,33-34,36H,5-7,10,15-17,20,22-23H2,1-4H3,(H,43,44,47,48,49)/b14-13+. The first-order valence-electron chi connectivity index (χ1n) is 18.8. The van der Waals surface area contributed by atoms with Gasteiger partial charge in [0.05, 0.1) is 36.9 Å². The van der Waals surface area contributed by atoms with Crippen molar-refractivity contribution in [1.82, 2.24) is 14.5 Å². The number of amides is 2. The summed E-state index contributed by atoms with van der Waals surface area (Å²) in [7, 11) is 1.07. The molecule has 2 fully saturated rings. The SMILES string of the molecule is COc1nn(C)cc1C(=O)NS1(=O)=NC(=O)c2ccc3c(c2)N(CC2CCC2C(OC)/C=C/C2OCCC1C2C)CC1(CCCc2cc(Cl)ccc21)CO3. The third-order valence-electron chi connectivity index (χ3n) is 12.3. The summed E-state index contributed by atoms with van der Waals surface area (Å²) >= 11 is 6.48. The van der Waals surface area contributed by atoms with Gasteiger partial charge in [-0.3, -0.25) is 19.0 Å². The van der Waals surface area contributed by atoms with Crippen LogP contribution in [0.5, 0.6) is 11.6 Å². The van der Waals surface area contributed by atoms with Gasteiger partial charge < -0.3 is 23.8 Å². The van der Waals surface area contributed by atoms with Crippen LogP contribution in [0, 0.1) is 17.8 Å². The molecule has 1 saturated heterocycles. The fraction of sp³-hybridized carbons (Fsp3) is 0.525. The van der Waals surface area contributed by atoms with Gasteiger partial charge >= 0.3 is 0 Å². The van der Waals surface area contributed by atoms with E-state index < -0.39 is 33.1 Å². The Bertz CT molecular complexity index is 2110. The van der Waals surface area contributed by atoms with E-state index in [2.05, 4.69) is 37.3 Å². The Morgan fingerprint density at radius 2 is 1.98 bits per heavy atom. The predicted octanol–water partition coefficient (Wildman–Crippen LogP) is 5.91. The van der Waals surface area contributed by atoms with E-state index in [9.17, 15) is 9.59 Å². The number of aromatic nitrogens is 2. The van der Waals surface area contributed by atoms with Crippen LogP contribution < -0.4 is 19.1 Å². The number of nitrogens with one attached hydrogen (secondary N) is 1. The number of rotatable bonds is 4. The lowest BCUT2D eigenvalue weighted by Crippen LogP contribution is -2.50. The number of halogens is 1. The van der Waals surface area contributed by atoms with Crippen LogP contribution in [-0.4, -0.2) is 83.8 Å². The monoisotopic (exact) mass is 777 g/mol. The summed E-state index contributed by atoms with van der Waals surface area (Å²) in [5, 5.41) is 4.21. The summed E-state index contributed by atoms with van der Waals surface area (Å²) in [6, 6.07) is 11.5. The minimum atomic E-state index is -3.75. The predicted molar refractivity (Wildman–Crippen MR) is 206 cm³/mol. The largest absolute Gasteiger partial charge is 0.490 e. The van der Waals surface area contributed by atoms with Gasteiger partial charge in [-0.1, -0.05) is 36.7 Å². The van der Waals surface area contributed by atoms with Gasteiger partial charge in [-0.2, -0.15) is 0 Å². The van der Waals surface area contributed by atoms with Crippen LogP contribution in [0.3, 0.4) is 0 Å². The van der Waals surface area contributed by atoms with Gasteiger partial charge in [0, 0.05) is 62.0 Å². The van der Waals surface area contributed by atoms with Crippen molar-refractivity contribution in [2.24, 2.45) is 29.2 Å². The van der Waals surface area contributed by atoms with E-state index >= 15 is 4.21 Å². The first-order chi connectivity index (χ1) is 26.0. The van der Waals surface area contributed by atoms with E-state index in [0.717, 1.165) is 49.4 Å². The van der Waals surface area contributed by atoms with Gasteiger partial charge in [0.2, 0.25) is 5.88 Å². The number of anilines is 1. The number of methoxy groups -OCH3 is 2. The third kappa shape index (κ3) is 6.71. The first kappa shape index (κ1) is 37.0. The molecule has 0 radical (unpaired) electrons. The molecule has 12 nitrogen and oxygen atoms in total. The summed E-state index contributed by atoms with van der Waals surface area (Å²) in [6.07, 6.45) is 10.3. The van der Waals surface area contributed by atoms with E-state index in [1.807, 2.05) is 31.2 Å². The Labute approximate surface area is 321 Å². The molecule has 2 aliphatic carbocycles. The second-order valence-corrected chi connectivity index (χ2v) is 18.1. The fourth-order valence-corrected chi connectivity index (χ4v) is 11.7. The molecule has 3 aliphatic heterocycles. The van der Waals surface area contributed by atoms with Gasteiger partial charge in [-0.05, 0) is 91.8 Å². The number of carbonyl (C=O) groups excluding carboxylic acids is 2. The van der Waals surface area contributed by atoms with Crippen molar-refractivity contribution in [3.63, 3.8) is 0 Å². The van der Waals surface area contributed by atoms with Crippen LogP contribution >= 0.6 is 11.6 Å². The van der Waals surface area contributed by atoms with Crippen LogP contribution in [0.2, 0.25) is 5.02 Å². The second-order valence-electron chi connectivity index (χ2n) is 15.5. The van der Waals surface area contributed by atoms with E-state index in [1.165, 1.54) is 29.1 Å². The smallest absolute Gasteiger partial charge is 0.286 e. The van der Waals surface area contributed by atoms with Crippen LogP contribution in [0.25, 0.3) is 0 Å². The zero-order chi connectivity index (χ0) is 37.8. The molecule has 3 aromatic rings. The normalized spacial score (nSPS) is 32.5. The van der Waals surface area contributed by atoms with Crippen molar-refractivity contribution in [2.45, 2.75) is 68.3 Å². The Hall–Kier alpha value is -3.91. The quantitative estimate of drug-likeness (QED) is 0.321. The molecule has 1 aromatic heterocycles. The lowest BCUT2D eigenvalue weighted by Gasteiger charge is -2.46. The molecule has 1 spiro atoms. The number of aryl methyl sites for hydroxylation is 2. The Balaban J connectivity index is 1.25. The molecular formula is C40H48ClN5O7S. The fourth-order valence-electron chi connectivity index (χ4n) is 9.33. The van der Waals surface area contributed by atoms with Crippen molar-refractivity contribution in [1.29, 1.82) is 0 Å². The summed E-state index contributed by atoms with van der Waals surface area (Å²) < 4.78 is 48.2. The van der Waals surface area contributed by atoms with Gasteiger partial charge in [0.25, 0.3) is 11.8 Å². The number of nitrogens with zero attached hydrogens (tertiary/aromatic N) is 4. The molecule has 1 saturated carbocycles. The molecular weight excluding hydrogens is 730 g/mol. The molecule has 288 valence electrons. The maximum absolute atomic E-state index is 15.3. The molecule has 4 bridgehead atoms. The number of ether oxygens (including phenoxy) is 4. The van der Waals surface area contributed by atoms with Gasteiger partial charge in [0.1, 0.15) is 21.2 Å². The van der Waals surface area contributed by atoms with Crippen molar-refractivity contribution >= 4 is 39.0 Å². The summed E-state index contributed by atoms with van der Waals surface area (Å²) in [5.41, 5.74) is 3.37. The maximum atomic E-state index is 15.3. The van der Waals surface area contributed by atoms with Crippen molar-refractivity contribution in [3.8, 4) is 11.6 Å². The van der Waals surface area contributed by atoms with E-state index in [0.29, 0.717) is 31.2 Å². The van der Waals surface area contributed by atoms with Crippen molar-refractivity contribution < 1.29 is 32.7 Å². The average molecular weight is 778 g/mol. The van der Waals surface area contributed by atoms with Crippen LogP contribution in [0.15, 0.2) is 59.1 Å². The topological polar surface area (TPSA) is 134 Å². The Morgan fingerprint density at radius 1 is 1.13 bits per heavy atom. The van der Waals surface area contributed by atoms with Gasteiger partial charge in [-0.25, -0.2) is 4.21 Å². The summed E-state index contributed by atoms with van der Waals surface area (Å²) in [5.74, 6) is -0.377. The van der Waals surface area contributed by atoms with Crippen molar-refractivity contribution in [2.75, 3.05) is 45.4 Å². The van der Waals surface area contributed by atoms with Gasteiger partial charge in [-0.15, -0.1) is 9.46 Å². The highest BCUT2D eigenvalue weighted by Crippen LogP contribution is 2.47. The van der Waals surface area contributed by atoms with E-state index in [4.69, 9.17) is 30.5 Å². The van der Waals surface area contributed by atoms with E-state index in [-0.39, 0.29) is 47.0 Å². The highest BCUT2D eigenvalue weighted by atomic mass is 35.5. The first-order valence-corrected chi connectivity index (χ1v) is 20.8. The number of benzene rings is 2. The maximum Gasteiger partial charge on any atom is 0.286 e. The molecule has 14 heteroatoms. The zero-order valence-corrected chi connectivity index (χ0v) is 32.7. The number of hydrogen-bond acceptors (Lipinski definition) is 9. The third-order valence-corrected chi connectivity index (χ3v) is 15.0. The van der Waals surface area contributed by atoms with Crippen LogP contribution in [0.4, 0.5) is 5.69 Å². The zero-order valence-electron chi connectivity index (χ0n) is 31.2. The highest BCUT2D eigenvalue weighted by Gasteiger charge is 2.45. The highest BCUT2D eigenvalue weighted by molar-refractivity contribution is 7.93. The minimum Gasteiger partial charge on any atom is -0.490 e. The van der Waals surface area contributed by atoms with Crippen LogP contribution in [0.1, 0.15) is 70.9 Å². The number of fused-ring (bicyclic) bond motifs is 6. The van der Waals surface area contributed by atoms with E-state index in [1.54, 1.807) is 20.2 Å². The Kier molecular flexibility index (Phi) is 10.0. The number of hydrogen-bond donors (Lipinski definition) is 1. The summed E-state index contributed by atoms with van der Waals surface area (Å²) in [4.78, 5) is 30.5. The average Bonchev–Trinajstić information content (AvgIpc) is 3.46. The van der Waals surface area contributed by atoms with Gasteiger partial charge in [0.15, 0.2) is 0 Å². The molecule has 2 aromatic carbocycles. The molecule has 8 unspecified atom stereocenters. The summed E-state index contributed by atoms with van der Waals surface area (Å²) in [6.45, 7) is 4.13. The molecule has 4 heterocycles. The molecule has 8 atom stereocenters. The molecule has 54 heavy (non-hydrogen) atoms.